The molecule has 2 aromatic heterocycles. The largest absolute Gasteiger partial charge is 0.275 e. The Labute approximate surface area is 158 Å². The SMILES string of the molecule is CC1=Nc2c(c(=O)[nH]n2C2CCCCCCC2)[C@@H](c2cn(C)nc2C)S1. The second-order valence-corrected chi connectivity index (χ2v) is 8.82. The molecule has 0 aromatic carbocycles. The molecule has 1 aliphatic heterocycles. The third kappa shape index (κ3) is 3.17. The Kier molecular flexibility index (Phi) is 4.82. The lowest BCUT2D eigenvalue weighted by atomic mass is 9.97. The number of fused-ring (bicyclic) bond motifs is 1. The van der Waals surface area contributed by atoms with E-state index >= 15 is 0 Å². The van der Waals surface area contributed by atoms with E-state index in [0.717, 1.165) is 40.5 Å². The smallest absolute Gasteiger partial charge is 0.271 e. The van der Waals surface area contributed by atoms with Crippen molar-refractivity contribution in [2.75, 3.05) is 0 Å². The lowest BCUT2D eigenvalue weighted by molar-refractivity contribution is 0.349. The van der Waals surface area contributed by atoms with Crippen molar-refractivity contribution in [2.45, 2.75) is 70.1 Å². The van der Waals surface area contributed by atoms with Crippen LogP contribution in [0.4, 0.5) is 5.82 Å². The number of nitrogens with one attached hydrogen (secondary N) is 1. The number of aliphatic imine (C=N–C) groups is 1. The van der Waals surface area contributed by atoms with E-state index in [1.165, 1.54) is 32.1 Å². The minimum absolute atomic E-state index is 0.000868. The molecular formula is C19H27N5OS. The zero-order valence-electron chi connectivity index (χ0n) is 15.8. The van der Waals surface area contributed by atoms with Gasteiger partial charge in [-0.1, -0.05) is 43.9 Å². The van der Waals surface area contributed by atoms with E-state index in [-0.39, 0.29) is 10.8 Å². The van der Waals surface area contributed by atoms with Gasteiger partial charge in [-0.15, -0.1) is 0 Å². The summed E-state index contributed by atoms with van der Waals surface area (Å²) in [7, 11) is 1.93. The van der Waals surface area contributed by atoms with E-state index in [2.05, 4.69) is 14.9 Å². The first-order valence-electron chi connectivity index (χ1n) is 9.61. The van der Waals surface area contributed by atoms with Gasteiger partial charge >= 0.3 is 0 Å². The van der Waals surface area contributed by atoms with Crippen LogP contribution in [0, 0.1) is 6.92 Å². The highest BCUT2D eigenvalue weighted by Gasteiger charge is 2.33. The third-order valence-electron chi connectivity index (χ3n) is 5.52. The van der Waals surface area contributed by atoms with Gasteiger partial charge in [0.15, 0.2) is 5.82 Å². The number of aromatic amines is 1. The Morgan fingerprint density at radius 3 is 2.50 bits per heavy atom. The fourth-order valence-corrected chi connectivity index (χ4v) is 5.43. The maximum atomic E-state index is 12.9. The predicted molar refractivity (Wildman–Crippen MR) is 107 cm³/mol. The van der Waals surface area contributed by atoms with Crippen molar-refractivity contribution in [2.24, 2.45) is 12.0 Å². The summed E-state index contributed by atoms with van der Waals surface area (Å²) in [6.07, 6.45) is 10.6. The summed E-state index contributed by atoms with van der Waals surface area (Å²) in [4.78, 5) is 17.7. The number of hydrogen-bond acceptors (Lipinski definition) is 4. The van der Waals surface area contributed by atoms with Crippen LogP contribution in [0.5, 0.6) is 0 Å². The molecule has 7 heteroatoms. The Hall–Kier alpha value is -1.76. The van der Waals surface area contributed by atoms with Gasteiger partial charge in [0.25, 0.3) is 5.56 Å². The molecule has 1 saturated carbocycles. The predicted octanol–water partition coefficient (Wildman–Crippen LogP) is 4.39. The highest BCUT2D eigenvalue weighted by atomic mass is 32.2. The third-order valence-corrected chi connectivity index (χ3v) is 6.68. The van der Waals surface area contributed by atoms with Gasteiger partial charge in [-0.2, -0.15) is 5.10 Å². The molecule has 1 N–H and O–H groups in total. The minimum Gasteiger partial charge on any atom is -0.275 e. The van der Waals surface area contributed by atoms with Crippen molar-refractivity contribution in [3.8, 4) is 0 Å². The van der Waals surface area contributed by atoms with E-state index in [0.29, 0.717) is 6.04 Å². The summed E-state index contributed by atoms with van der Waals surface area (Å²) in [5.74, 6) is 0.838. The van der Waals surface area contributed by atoms with E-state index in [9.17, 15) is 4.79 Å². The summed E-state index contributed by atoms with van der Waals surface area (Å²) in [6.45, 7) is 4.04. The molecule has 0 saturated heterocycles. The molecular weight excluding hydrogens is 346 g/mol. The molecule has 2 aromatic rings. The summed E-state index contributed by atoms with van der Waals surface area (Å²) < 4.78 is 3.90. The Morgan fingerprint density at radius 2 is 1.85 bits per heavy atom. The monoisotopic (exact) mass is 373 g/mol. The molecule has 0 radical (unpaired) electrons. The molecule has 1 atom stereocenters. The molecule has 0 spiro atoms. The van der Waals surface area contributed by atoms with Gasteiger partial charge in [0, 0.05) is 18.8 Å². The van der Waals surface area contributed by atoms with Crippen molar-refractivity contribution >= 4 is 22.6 Å². The molecule has 4 rings (SSSR count). The van der Waals surface area contributed by atoms with Crippen LogP contribution in [0.25, 0.3) is 0 Å². The van der Waals surface area contributed by atoms with Crippen molar-refractivity contribution in [3.05, 3.63) is 33.4 Å². The average molecular weight is 374 g/mol. The molecule has 1 fully saturated rings. The number of H-pyrrole nitrogens is 1. The van der Waals surface area contributed by atoms with Crippen LogP contribution in [0.15, 0.2) is 16.0 Å². The van der Waals surface area contributed by atoms with E-state index in [1.54, 1.807) is 11.8 Å². The molecule has 2 aliphatic rings. The number of rotatable bonds is 2. The van der Waals surface area contributed by atoms with Crippen LogP contribution in [0.3, 0.4) is 0 Å². The number of aryl methyl sites for hydroxylation is 2. The molecule has 6 nitrogen and oxygen atoms in total. The van der Waals surface area contributed by atoms with Gasteiger partial charge in [0.05, 0.1) is 27.6 Å². The number of hydrogen-bond donors (Lipinski definition) is 1. The fraction of sp³-hybridized carbons (Fsp3) is 0.632. The standard InChI is InChI=1S/C19H27N5OS/c1-12-15(11-23(3)21-12)17-16-18(20-13(2)26-17)24(22-19(16)25)14-9-7-5-4-6-8-10-14/h11,14,17H,4-10H2,1-3H3,(H,22,25)/t17-/m1/s1. The van der Waals surface area contributed by atoms with Crippen LogP contribution in [0.2, 0.25) is 0 Å². The van der Waals surface area contributed by atoms with Crippen molar-refractivity contribution < 1.29 is 0 Å². The first-order valence-corrected chi connectivity index (χ1v) is 10.5. The van der Waals surface area contributed by atoms with Crippen LogP contribution >= 0.6 is 11.8 Å². The normalized spacial score (nSPS) is 21.8. The van der Waals surface area contributed by atoms with Gasteiger partial charge < -0.3 is 0 Å². The van der Waals surface area contributed by atoms with Crippen molar-refractivity contribution in [1.82, 2.24) is 19.6 Å². The number of aromatic nitrogens is 4. The van der Waals surface area contributed by atoms with Crippen LogP contribution in [-0.4, -0.2) is 24.6 Å². The van der Waals surface area contributed by atoms with Gasteiger partial charge in [0.2, 0.25) is 0 Å². The maximum Gasteiger partial charge on any atom is 0.271 e. The lowest BCUT2D eigenvalue weighted by Gasteiger charge is -2.24. The van der Waals surface area contributed by atoms with Crippen LogP contribution < -0.4 is 5.56 Å². The Morgan fingerprint density at radius 1 is 1.15 bits per heavy atom. The summed E-state index contributed by atoms with van der Waals surface area (Å²) in [5, 5.41) is 8.58. The molecule has 26 heavy (non-hydrogen) atoms. The van der Waals surface area contributed by atoms with Gasteiger partial charge in [0.1, 0.15) is 0 Å². The zero-order chi connectivity index (χ0) is 18.3. The average Bonchev–Trinajstić information content (AvgIpc) is 3.06. The van der Waals surface area contributed by atoms with E-state index < -0.39 is 0 Å². The van der Waals surface area contributed by atoms with Crippen molar-refractivity contribution in [1.29, 1.82) is 0 Å². The van der Waals surface area contributed by atoms with Crippen LogP contribution in [-0.2, 0) is 7.05 Å². The number of nitrogens with zero attached hydrogens (tertiary/aromatic N) is 4. The van der Waals surface area contributed by atoms with E-state index in [1.807, 2.05) is 31.8 Å². The van der Waals surface area contributed by atoms with Gasteiger partial charge in [-0.05, 0) is 26.7 Å². The zero-order valence-corrected chi connectivity index (χ0v) is 16.6. The molecule has 1 aliphatic carbocycles. The first-order chi connectivity index (χ1) is 12.5. The molecule has 0 amide bonds. The Balaban J connectivity index is 1.78. The molecule has 140 valence electrons. The van der Waals surface area contributed by atoms with Crippen LogP contribution in [0.1, 0.15) is 80.0 Å². The Bertz CT molecular complexity index is 882. The van der Waals surface area contributed by atoms with Gasteiger partial charge in [-0.3, -0.25) is 19.3 Å². The lowest BCUT2D eigenvalue weighted by Crippen LogP contribution is -2.15. The first kappa shape index (κ1) is 17.6. The summed E-state index contributed by atoms with van der Waals surface area (Å²) in [6, 6.07) is 0.349. The van der Waals surface area contributed by atoms with Gasteiger partial charge in [-0.25, -0.2) is 4.99 Å². The summed E-state index contributed by atoms with van der Waals surface area (Å²) >= 11 is 1.65. The fourth-order valence-electron chi connectivity index (χ4n) is 4.26. The number of thioether (sulfide) groups is 1. The second-order valence-electron chi connectivity index (χ2n) is 7.52. The molecule has 3 heterocycles. The maximum absolute atomic E-state index is 12.9. The van der Waals surface area contributed by atoms with E-state index in [4.69, 9.17) is 4.99 Å². The second kappa shape index (κ2) is 7.10. The molecule has 0 bridgehead atoms. The minimum atomic E-state index is -0.0326. The quantitative estimate of drug-likeness (QED) is 0.849. The van der Waals surface area contributed by atoms with Crippen molar-refractivity contribution in [3.63, 3.8) is 0 Å². The topological polar surface area (TPSA) is 68.0 Å². The highest BCUT2D eigenvalue weighted by Crippen LogP contribution is 2.45. The highest BCUT2D eigenvalue weighted by molar-refractivity contribution is 8.14. The molecule has 0 unspecified atom stereocenters. The summed E-state index contributed by atoms with van der Waals surface area (Å²) in [5.41, 5.74) is 2.87.